The van der Waals surface area contributed by atoms with Gasteiger partial charge in [0.2, 0.25) is 0 Å². The van der Waals surface area contributed by atoms with Crippen molar-refractivity contribution in [1.82, 2.24) is 0 Å². The summed E-state index contributed by atoms with van der Waals surface area (Å²) in [6, 6.07) is 4.63. The van der Waals surface area contributed by atoms with Crippen molar-refractivity contribution in [2.24, 2.45) is 0 Å². The summed E-state index contributed by atoms with van der Waals surface area (Å²) in [6.45, 7) is 5.76. The van der Waals surface area contributed by atoms with Gasteiger partial charge in [0.25, 0.3) is 0 Å². The van der Waals surface area contributed by atoms with Crippen LogP contribution in [0.2, 0.25) is 0 Å². The Hall–Kier alpha value is -1.64. The van der Waals surface area contributed by atoms with E-state index in [0.29, 0.717) is 11.1 Å². The first-order chi connectivity index (χ1) is 6.86. The molecule has 0 aromatic heterocycles. The first-order valence-electron chi connectivity index (χ1n) is 4.69. The Kier molecular flexibility index (Phi) is 2.93. The van der Waals surface area contributed by atoms with Crippen molar-refractivity contribution >= 4 is 12.3 Å². The molecule has 0 aliphatic rings. The molecule has 3 heteroatoms. The first kappa shape index (κ1) is 11.4. The van der Waals surface area contributed by atoms with Crippen molar-refractivity contribution in [3.8, 4) is 0 Å². The smallest absolute Gasteiger partial charge is 0.335 e. The Morgan fingerprint density at radius 1 is 1.33 bits per heavy atom. The maximum Gasteiger partial charge on any atom is 0.335 e. The predicted molar refractivity (Wildman–Crippen MR) is 57.5 cm³/mol. The van der Waals surface area contributed by atoms with Crippen molar-refractivity contribution in [1.29, 1.82) is 0 Å². The lowest BCUT2D eigenvalue weighted by Crippen LogP contribution is -2.17. The number of carboxylic acids is 1. The largest absolute Gasteiger partial charge is 0.478 e. The number of aldehydes is 1. The quantitative estimate of drug-likeness (QED) is 0.756. The number of benzene rings is 1. The summed E-state index contributed by atoms with van der Waals surface area (Å²) < 4.78 is 0. The summed E-state index contributed by atoms with van der Waals surface area (Å²) in [7, 11) is 0. The topological polar surface area (TPSA) is 54.4 Å². The van der Waals surface area contributed by atoms with Crippen LogP contribution in [-0.4, -0.2) is 17.4 Å². The van der Waals surface area contributed by atoms with Crippen LogP contribution in [0.15, 0.2) is 18.2 Å². The molecule has 0 bridgehead atoms. The van der Waals surface area contributed by atoms with E-state index in [1.807, 2.05) is 20.8 Å². The van der Waals surface area contributed by atoms with Gasteiger partial charge in [-0.1, -0.05) is 26.8 Å². The lowest BCUT2D eigenvalue weighted by molar-refractivity contribution is 0.0694. The molecular formula is C12H14O3. The Balaban J connectivity index is 3.42. The van der Waals surface area contributed by atoms with E-state index in [4.69, 9.17) is 5.11 Å². The molecule has 0 fully saturated rings. The lowest BCUT2D eigenvalue weighted by atomic mass is 9.83. The first-order valence-corrected chi connectivity index (χ1v) is 4.69. The minimum Gasteiger partial charge on any atom is -0.478 e. The van der Waals surface area contributed by atoms with Gasteiger partial charge in [-0.05, 0) is 23.1 Å². The molecule has 0 spiro atoms. The van der Waals surface area contributed by atoms with Gasteiger partial charge in [-0.2, -0.15) is 0 Å². The second-order valence-electron chi connectivity index (χ2n) is 4.48. The summed E-state index contributed by atoms with van der Waals surface area (Å²) in [5.74, 6) is -0.961. The van der Waals surface area contributed by atoms with Crippen molar-refractivity contribution in [2.75, 3.05) is 0 Å². The second kappa shape index (κ2) is 3.85. The van der Waals surface area contributed by atoms with Gasteiger partial charge in [-0.25, -0.2) is 4.79 Å². The molecule has 0 amide bonds. The van der Waals surface area contributed by atoms with E-state index < -0.39 is 5.97 Å². The van der Waals surface area contributed by atoms with E-state index in [9.17, 15) is 9.59 Å². The maximum atomic E-state index is 11.0. The van der Waals surface area contributed by atoms with Crippen molar-refractivity contribution < 1.29 is 14.7 Å². The summed E-state index contributed by atoms with van der Waals surface area (Å²) in [5.41, 5.74) is 1.16. The fraction of sp³-hybridized carbons (Fsp3) is 0.333. The molecule has 1 N–H and O–H groups in total. The molecule has 80 valence electrons. The minimum absolute atomic E-state index is 0.258. The van der Waals surface area contributed by atoms with E-state index in [-0.39, 0.29) is 11.0 Å². The maximum absolute atomic E-state index is 11.0. The van der Waals surface area contributed by atoms with Crippen molar-refractivity contribution in [3.05, 3.63) is 34.9 Å². The number of rotatable bonds is 2. The van der Waals surface area contributed by atoms with Gasteiger partial charge in [0.15, 0.2) is 0 Å². The van der Waals surface area contributed by atoms with Crippen molar-refractivity contribution in [3.63, 3.8) is 0 Å². The molecule has 0 aliphatic heterocycles. The number of carbonyl (C=O) groups excluding carboxylic acids is 1. The molecule has 0 unspecified atom stereocenters. The van der Waals surface area contributed by atoms with Crippen LogP contribution in [0, 0.1) is 0 Å². The predicted octanol–water partition coefficient (Wildman–Crippen LogP) is 2.49. The third-order valence-electron chi connectivity index (χ3n) is 2.22. The van der Waals surface area contributed by atoms with Crippen LogP contribution in [0.5, 0.6) is 0 Å². The van der Waals surface area contributed by atoms with E-state index in [1.54, 1.807) is 6.07 Å². The number of aromatic carboxylic acids is 1. The molecule has 0 aliphatic carbocycles. The Morgan fingerprint density at radius 2 is 1.93 bits per heavy atom. The second-order valence-corrected chi connectivity index (χ2v) is 4.48. The zero-order valence-electron chi connectivity index (χ0n) is 9.07. The zero-order valence-corrected chi connectivity index (χ0v) is 9.07. The standard InChI is InChI=1S/C12H14O3/c1-12(2,3)10-6-8(7-13)4-5-9(10)11(14)15/h4-7H,1-3H3,(H,14,15). The number of hydrogen-bond acceptors (Lipinski definition) is 2. The van der Waals surface area contributed by atoms with Gasteiger partial charge in [0.05, 0.1) is 5.56 Å². The van der Waals surface area contributed by atoms with Crippen molar-refractivity contribution in [2.45, 2.75) is 26.2 Å². The normalized spacial score (nSPS) is 11.1. The van der Waals surface area contributed by atoms with Gasteiger partial charge in [0, 0.05) is 5.56 Å². The average Bonchev–Trinajstić information content (AvgIpc) is 2.15. The van der Waals surface area contributed by atoms with Crippen LogP contribution in [0.4, 0.5) is 0 Å². The third kappa shape index (κ3) is 2.43. The monoisotopic (exact) mass is 206 g/mol. The molecule has 1 aromatic rings. The highest BCUT2D eigenvalue weighted by Crippen LogP contribution is 2.26. The highest BCUT2D eigenvalue weighted by molar-refractivity contribution is 5.91. The summed E-state index contributed by atoms with van der Waals surface area (Å²) in [6.07, 6.45) is 0.723. The van der Waals surface area contributed by atoms with Crippen LogP contribution in [0.25, 0.3) is 0 Å². The van der Waals surface area contributed by atoms with Crippen LogP contribution in [-0.2, 0) is 5.41 Å². The van der Waals surface area contributed by atoms with Crippen LogP contribution >= 0.6 is 0 Å². The van der Waals surface area contributed by atoms with Crippen LogP contribution in [0.3, 0.4) is 0 Å². The molecule has 0 heterocycles. The Labute approximate surface area is 88.7 Å². The van der Waals surface area contributed by atoms with Gasteiger partial charge < -0.3 is 5.11 Å². The fourth-order valence-corrected chi connectivity index (χ4v) is 1.44. The fourth-order valence-electron chi connectivity index (χ4n) is 1.44. The molecule has 0 saturated carbocycles. The van der Waals surface area contributed by atoms with Crippen LogP contribution in [0.1, 0.15) is 47.1 Å². The molecule has 15 heavy (non-hydrogen) atoms. The number of hydrogen-bond donors (Lipinski definition) is 1. The minimum atomic E-state index is -0.961. The highest BCUT2D eigenvalue weighted by Gasteiger charge is 2.21. The van der Waals surface area contributed by atoms with Gasteiger partial charge in [-0.3, -0.25) is 4.79 Å². The third-order valence-corrected chi connectivity index (χ3v) is 2.22. The molecule has 0 radical (unpaired) electrons. The summed E-state index contributed by atoms with van der Waals surface area (Å²) in [5, 5.41) is 9.00. The van der Waals surface area contributed by atoms with Gasteiger partial charge in [0.1, 0.15) is 6.29 Å². The number of carbonyl (C=O) groups is 2. The summed E-state index contributed by atoms with van der Waals surface area (Å²) in [4.78, 5) is 21.6. The molecular weight excluding hydrogens is 192 g/mol. The van der Waals surface area contributed by atoms with Gasteiger partial charge >= 0.3 is 5.97 Å². The molecule has 0 atom stereocenters. The van der Waals surface area contributed by atoms with Gasteiger partial charge in [-0.15, -0.1) is 0 Å². The molecule has 3 nitrogen and oxygen atoms in total. The molecule has 1 aromatic carbocycles. The zero-order chi connectivity index (χ0) is 11.6. The van der Waals surface area contributed by atoms with Crippen LogP contribution < -0.4 is 0 Å². The Morgan fingerprint density at radius 3 is 2.33 bits per heavy atom. The highest BCUT2D eigenvalue weighted by atomic mass is 16.4. The van der Waals surface area contributed by atoms with E-state index in [1.165, 1.54) is 12.1 Å². The number of carboxylic acid groups (broad SMARTS) is 1. The average molecular weight is 206 g/mol. The van der Waals surface area contributed by atoms with E-state index >= 15 is 0 Å². The molecule has 1 rings (SSSR count). The Bertz CT molecular complexity index is 400. The summed E-state index contributed by atoms with van der Waals surface area (Å²) >= 11 is 0. The SMILES string of the molecule is CC(C)(C)c1cc(C=O)ccc1C(=O)O. The molecule has 0 saturated heterocycles. The van der Waals surface area contributed by atoms with E-state index in [0.717, 1.165) is 6.29 Å². The van der Waals surface area contributed by atoms with E-state index in [2.05, 4.69) is 0 Å². The lowest BCUT2D eigenvalue weighted by Gasteiger charge is -2.21.